The van der Waals surface area contributed by atoms with Crippen LogP contribution in [0.5, 0.6) is 0 Å². The highest BCUT2D eigenvalue weighted by molar-refractivity contribution is 5.68. The molecule has 0 saturated carbocycles. The minimum Gasteiger partial charge on any atom is -0.508 e. The van der Waals surface area contributed by atoms with Gasteiger partial charge in [-0.2, -0.15) is 0 Å². The van der Waals surface area contributed by atoms with Gasteiger partial charge in [-0.1, -0.05) is 48.6 Å². The van der Waals surface area contributed by atoms with Gasteiger partial charge in [0, 0.05) is 5.56 Å². The van der Waals surface area contributed by atoms with E-state index in [0.717, 1.165) is 34.2 Å². The van der Waals surface area contributed by atoms with E-state index in [2.05, 4.69) is 19.6 Å². The van der Waals surface area contributed by atoms with Gasteiger partial charge in [0.2, 0.25) is 0 Å². The Morgan fingerprint density at radius 2 is 1.88 bits per heavy atom. The summed E-state index contributed by atoms with van der Waals surface area (Å²) < 4.78 is 13.4. The highest BCUT2D eigenvalue weighted by Gasteiger charge is 2.02. The summed E-state index contributed by atoms with van der Waals surface area (Å²) >= 11 is 0. The van der Waals surface area contributed by atoms with Crippen LogP contribution in [0.3, 0.4) is 0 Å². The van der Waals surface area contributed by atoms with E-state index in [-0.39, 0.29) is 11.6 Å². The lowest BCUT2D eigenvalue weighted by atomic mass is 9.99. The maximum atomic E-state index is 13.4. The van der Waals surface area contributed by atoms with Gasteiger partial charge >= 0.3 is 0 Å². The van der Waals surface area contributed by atoms with Crippen molar-refractivity contribution in [2.24, 2.45) is 0 Å². The van der Waals surface area contributed by atoms with Crippen molar-refractivity contribution >= 4 is 11.3 Å². The highest BCUT2D eigenvalue weighted by atomic mass is 19.1. The molecule has 0 spiro atoms. The van der Waals surface area contributed by atoms with Crippen LogP contribution in [0.25, 0.3) is 11.3 Å². The zero-order valence-electron chi connectivity index (χ0n) is 14.4. The van der Waals surface area contributed by atoms with E-state index in [4.69, 9.17) is 0 Å². The van der Waals surface area contributed by atoms with Crippen LogP contribution in [0.15, 0.2) is 66.8 Å². The molecule has 2 aromatic carbocycles. The number of hydrogen-bond acceptors (Lipinski definition) is 1. The third kappa shape index (κ3) is 4.69. The summed E-state index contributed by atoms with van der Waals surface area (Å²) in [5.74, 6) is -0.138. The lowest BCUT2D eigenvalue weighted by molar-refractivity contribution is 0.513. The monoisotopic (exact) mass is 322 g/mol. The van der Waals surface area contributed by atoms with E-state index in [1.807, 2.05) is 44.2 Å². The van der Waals surface area contributed by atoms with Gasteiger partial charge in [0.05, 0.1) is 0 Å². The first-order chi connectivity index (χ1) is 11.4. The summed E-state index contributed by atoms with van der Waals surface area (Å²) in [6.45, 7) is 9.58. The van der Waals surface area contributed by atoms with E-state index in [9.17, 15) is 9.50 Å². The Bertz CT molecular complexity index is 812. The van der Waals surface area contributed by atoms with Gasteiger partial charge in [-0.05, 0) is 67.7 Å². The second-order valence-electron chi connectivity index (χ2n) is 6.15. The Hall–Kier alpha value is -2.61. The van der Waals surface area contributed by atoms with Crippen LogP contribution in [-0.4, -0.2) is 5.11 Å². The third-order valence-corrected chi connectivity index (χ3v) is 3.99. The van der Waals surface area contributed by atoms with Crippen LogP contribution in [0.1, 0.15) is 36.1 Å². The molecular formula is C22H23FO. The molecule has 0 heterocycles. The number of aliphatic hydroxyl groups excluding tert-OH is 1. The molecule has 0 fully saturated rings. The second-order valence-corrected chi connectivity index (χ2v) is 6.15. The molecule has 1 nitrogen and oxygen atoms in total. The van der Waals surface area contributed by atoms with Crippen molar-refractivity contribution in [1.82, 2.24) is 0 Å². The second kappa shape index (κ2) is 7.78. The molecule has 1 N–H and O–H groups in total. The largest absolute Gasteiger partial charge is 0.508 e. The number of hydrogen-bond donors (Lipinski definition) is 1. The normalized spacial score (nSPS) is 12.3. The fourth-order valence-corrected chi connectivity index (χ4v) is 2.62. The summed E-state index contributed by atoms with van der Waals surface area (Å²) in [7, 11) is 0. The van der Waals surface area contributed by atoms with Crippen molar-refractivity contribution < 1.29 is 9.50 Å². The Balaban J connectivity index is 2.17. The summed E-state index contributed by atoms with van der Waals surface area (Å²) in [4.78, 5) is 0. The zero-order valence-corrected chi connectivity index (χ0v) is 14.4. The fraction of sp³-hybridized carbons (Fsp3) is 0.182. The molecule has 0 atom stereocenters. The summed E-state index contributed by atoms with van der Waals surface area (Å²) in [6, 6.07) is 12.6. The van der Waals surface area contributed by atoms with Crippen LogP contribution in [0, 0.1) is 12.7 Å². The number of rotatable bonds is 5. The van der Waals surface area contributed by atoms with Crippen molar-refractivity contribution in [3.63, 3.8) is 0 Å². The van der Waals surface area contributed by atoms with E-state index in [1.54, 1.807) is 12.1 Å². The minimum atomic E-state index is -0.218. The lowest BCUT2D eigenvalue weighted by Gasteiger charge is -2.07. The molecule has 0 bridgehead atoms. The van der Waals surface area contributed by atoms with Gasteiger partial charge in [0.25, 0.3) is 0 Å². The Labute approximate surface area is 143 Å². The van der Waals surface area contributed by atoms with Crippen molar-refractivity contribution in [2.45, 2.75) is 27.2 Å². The molecule has 0 aliphatic carbocycles. The van der Waals surface area contributed by atoms with Gasteiger partial charge < -0.3 is 5.11 Å². The van der Waals surface area contributed by atoms with Crippen molar-refractivity contribution in [1.29, 1.82) is 0 Å². The SMILES string of the molecule is C=C(O)c1cccc(C/C(C)=C\C=C(/C)c2cc(F)ccc2C)c1. The first-order valence-corrected chi connectivity index (χ1v) is 7.94. The number of aryl methyl sites for hydroxylation is 1. The summed E-state index contributed by atoms with van der Waals surface area (Å²) in [6.07, 6.45) is 4.86. The molecule has 24 heavy (non-hydrogen) atoms. The predicted molar refractivity (Wildman–Crippen MR) is 100 cm³/mol. The smallest absolute Gasteiger partial charge is 0.123 e. The molecular weight excluding hydrogens is 299 g/mol. The van der Waals surface area contributed by atoms with Crippen LogP contribution in [-0.2, 0) is 6.42 Å². The van der Waals surface area contributed by atoms with E-state index in [0.29, 0.717) is 0 Å². The number of benzene rings is 2. The topological polar surface area (TPSA) is 20.2 Å². The Kier molecular flexibility index (Phi) is 5.75. The first-order valence-electron chi connectivity index (χ1n) is 7.94. The Morgan fingerprint density at radius 3 is 2.58 bits per heavy atom. The summed E-state index contributed by atoms with van der Waals surface area (Å²) in [5, 5.41) is 9.48. The maximum absolute atomic E-state index is 13.4. The Morgan fingerprint density at radius 1 is 1.12 bits per heavy atom. The van der Waals surface area contributed by atoms with Gasteiger partial charge in [-0.3, -0.25) is 0 Å². The molecule has 2 aromatic rings. The number of aliphatic hydroxyl groups is 1. The van der Waals surface area contributed by atoms with E-state index < -0.39 is 0 Å². The number of halogens is 1. The maximum Gasteiger partial charge on any atom is 0.123 e. The molecule has 0 radical (unpaired) electrons. The molecule has 2 heteroatoms. The molecule has 0 amide bonds. The third-order valence-electron chi connectivity index (χ3n) is 3.99. The molecule has 0 aromatic heterocycles. The first kappa shape index (κ1) is 17.7. The van der Waals surface area contributed by atoms with Gasteiger partial charge in [0.1, 0.15) is 11.6 Å². The average molecular weight is 322 g/mol. The fourth-order valence-electron chi connectivity index (χ4n) is 2.62. The van der Waals surface area contributed by atoms with Crippen molar-refractivity contribution in [2.75, 3.05) is 0 Å². The zero-order chi connectivity index (χ0) is 17.7. The predicted octanol–water partition coefficient (Wildman–Crippen LogP) is 6.26. The summed E-state index contributed by atoms with van der Waals surface area (Å²) in [5.41, 5.74) is 6.06. The molecule has 2 rings (SSSR count). The molecule has 0 unspecified atom stereocenters. The molecule has 0 aliphatic rings. The average Bonchev–Trinajstić information content (AvgIpc) is 2.55. The highest BCUT2D eigenvalue weighted by Crippen LogP contribution is 2.20. The van der Waals surface area contributed by atoms with E-state index in [1.165, 1.54) is 11.6 Å². The standard InChI is InChI=1S/C22H23FO/c1-15(12-19-6-5-7-20(13-19)18(4)24)8-9-16(2)22-14-21(23)11-10-17(22)3/h5-11,13-14,24H,4,12H2,1-3H3/b15-8-,16-9+. The minimum absolute atomic E-state index is 0.0794. The van der Waals surface area contributed by atoms with Crippen molar-refractivity contribution in [3.8, 4) is 0 Å². The van der Waals surface area contributed by atoms with Crippen LogP contribution in [0.4, 0.5) is 4.39 Å². The van der Waals surface area contributed by atoms with Gasteiger partial charge in [0.15, 0.2) is 0 Å². The quantitative estimate of drug-likeness (QED) is 0.509. The van der Waals surface area contributed by atoms with Crippen LogP contribution < -0.4 is 0 Å². The number of allylic oxidation sites excluding steroid dienone is 4. The van der Waals surface area contributed by atoms with Crippen LogP contribution in [0.2, 0.25) is 0 Å². The van der Waals surface area contributed by atoms with Gasteiger partial charge in [-0.15, -0.1) is 0 Å². The van der Waals surface area contributed by atoms with E-state index >= 15 is 0 Å². The molecule has 124 valence electrons. The van der Waals surface area contributed by atoms with Gasteiger partial charge in [-0.25, -0.2) is 4.39 Å². The molecule has 0 saturated heterocycles. The molecule has 0 aliphatic heterocycles. The van der Waals surface area contributed by atoms with Crippen LogP contribution >= 0.6 is 0 Å². The van der Waals surface area contributed by atoms with Crippen molar-refractivity contribution in [3.05, 3.63) is 94.8 Å². The lowest BCUT2D eigenvalue weighted by Crippen LogP contribution is -1.90.